The van der Waals surface area contributed by atoms with E-state index in [2.05, 4.69) is 14.9 Å². The second-order valence-electron chi connectivity index (χ2n) is 2.31. The van der Waals surface area contributed by atoms with E-state index in [4.69, 9.17) is 14.2 Å². The van der Waals surface area contributed by atoms with Crippen molar-refractivity contribution in [2.24, 2.45) is 0 Å². The molecule has 15 heavy (non-hydrogen) atoms. The largest absolute Gasteiger partial charge is 0.510 e. The first kappa shape index (κ1) is 13.8. The smallest absolute Gasteiger partial charge is 0.367 e. The average molecular weight is 231 g/mol. The molecule has 0 unspecified atom stereocenters. The third-order valence-electron chi connectivity index (χ3n) is 1.30. The molecule has 0 amide bonds. The molecule has 0 atom stereocenters. The van der Waals surface area contributed by atoms with Crippen LogP contribution in [0.4, 0.5) is 0 Å². The zero-order chi connectivity index (χ0) is 11.7. The fraction of sp³-hybridized carbons (Fsp3) is 0.667. The summed E-state index contributed by atoms with van der Waals surface area (Å²) in [6.07, 6.45) is 0. The molecular formula is C9H15O5Si. The summed E-state index contributed by atoms with van der Waals surface area (Å²) < 4.78 is 19.7. The molecule has 6 heteroatoms. The van der Waals surface area contributed by atoms with Gasteiger partial charge in [-0.05, 0) is 20.8 Å². The molecule has 0 saturated carbocycles. The Morgan fingerprint density at radius 3 is 1.80 bits per heavy atom. The highest BCUT2D eigenvalue weighted by Crippen LogP contribution is 2.11. The molecule has 0 saturated heterocycles. The minimum atomic E-state index is -0.689. The Morgan fingerprint density at radius 1 is 1.00 bits per heavy atom. The van der Waals surface area contributed by atoms with Gasteiger partial charge in [-0.3, -0.25) is 0 Å². The molecule has 0 heterocycles. The molecule has 0 aliphatic heterocycles. The van der Waals surface area contributed by atoms with Crippen molar-refractivity contribution in [2.75, 3.05) is 19.8 Å². The fourth-order valence-electron chi connectivity index (χ4n) is 0.827. The summed E-state index contributed by atoms with van der Waals surface area (Å²) in [6, 6.07) is 0. The first-order valence-corrected chi connectivity index (χ1v) is 5.12. The third-order valence-corrected chi connectivity index (χ3v) is 1.49. The van der Waals surface area contributed by atoms with Crippen LogP contribution in [0.1, 0.15) is 20.8 Å². The lowest BCUT2D eigenvalue weighted by Crippen LogP contribution is -2.15. The highest BCUT2D eigenvalue weighted by molar-refractivity contribution is 6.08. The van der Waals surface area contributed by atoms with Crippen LogP contribution < -0.4 is 0 Å². The van der Waals surface area contributed by atoms with Crippen molar-refractivity contribution in [3.63, 3.8) is 0 Å². The number of carbonyl (C=O) groups excluding carboxylic acids is 1. The number of ether oxygens (including phenoxy) is 3. The van der Waals surface area contributed by atoms with E-state index >= 15 is 0 Å². The lowest BCUT2D eigenvalue weighted by atomic mass is 10.5. The van der Waals surface area contributed by atoms with E-state index in [-0.39, 0.29) is 11.7 Å². The van der Waals surface area contributed by atoms with Gasteiger partial charge >= 0.3 is 22.4 Å². The summed E-state index contributed by atoms with van der Waals surface area (Å²) in [6.45, 7) is 6.38. The molecule has 3 radical (unpaired) electrons. The highest BCUT2D eigenvalue weighted by atomic mass is 28.2. The maximum atomic E-state index is 11.3. The summed E-state index contributed by atoms with van der Waals surface area (Å²) in [4.78, 5) is 11.3. The van der Waals surface area contributed by atoms with Gasteiger partial charge in [-0.15, -0.1) is 0 Å². The summed E-state index contributed by atoms with van der Waals surface area (Å²) in [7, 11) is 2.63. The number of rotatable bonds is 7. The van der Waals surface area contributed by atoms with Gasteiger partial charge in [0.25, 0.3) is 5.76 Å². The van der Waals surface area contributed by atoms with Gasteiger partial charge in [0.15, 0.2) is 0 Å². The van der Waals surface area contributed by atoms with E-state index in [0.29, 0.717) is 19.8 Å². The van der Waals surface area contributed by atoms with Crippen molar-refractivity contribution in [3.8, 4) is 0 Å². The second-order valence-corrected chi connectivity index (χ2v) is 2.51. The quantitative estimate of drug-likeness (QED) is 0.370. The number of hydrogen-bond acceptors (Lipinski definition) is 5. The van der Waals surface area contributed by atoms with E-state index in [0.717, 1.165) is 0 Å². The summed E-state index contributed by atoms with van der Waals surface area (Å²) in [5.74, 6) is -0.716. The van der Waals surface area contributed by atoms with Crippen molar-refractivity contribution in [3.05, 3.63) is 11.7 Å². The lowest BCUT2D eigenvalue weighted by Gasteiger charge is -2.13. The van der Waals surface area contributed by atoms with E-state index in [9.17, 15) is 4.79 Å². The standard InChI is InChI=1S/C9H15O5Si/c1-4-11-7(8(10)14-15)9(12-5-2)13-6-3/h4-6H2,1-3H3. The molecule has 0 aliphatic carbocycles. The Morgan fingerprint density at radius 2 is 1.47 bits per heavy atom. The zero-order valence-electron chi connectivity index (χ0n) is 9.16. The SMILES string of the molecule is CCOC(OCC)=C(OCC)C(=O)O[Si]. The van der Waals surface area contributed by atoms with Gasteiger partial charge in [0.05, 0.1) is 19.8 Å². The van der Waals surface area contributed by atoms with Crippen molar-refractivity contribution in [2.45, 2.75) is 20.8 Å². The van der Waals surface area contributed by atoms with E-state index in [1.807, 2.05) is 0 Å². The van der Waals surface area contributed by atoms with E-state index in [1.165, 1.54) is 0 Å². The molecule has 0 aromatic heterocycles. The molecule has 0 fully saturated rings. The minimum Gasteiger partial charge on any atom is -0.510 e. The van der Waals surface area contributed by atoms with Crippen LogP contribution in [0.2, 0.25) is 0 Å². The molecule has 0 bridgehead atoms. The lowest BCUT2D eigenvalue weighted by molar-refractivity contribution is -0.135. The molecular weight excluding hydrogens is 216 g/mol. The van der Waals surface area contributed by atoms with Crippen LogP contribution in [0.25, 0.3) is 0 Å². The zero-order valence-corrected chi connectivity index (χ0v) is 10.2. The van der Waals surface area contributed by atoms with Crippen LogP contribution in [-0.4, -0.2) is 36.3 Å². The van der Waals surface area contributed by atoms with Gasteiger partial charge in [0.2, 0.25) is 0 Å². The monoisotopic (exact) mass is 231 g/mol. The minimum absolute atomic E-state index is 0.0464. The Hall–Kier alpha value is -1.17. The van der Waals surface area contributed by atoms with Gasteiger partial charge < -0.3 is 18.6 Å². The topological polar surface area (TPSA) is 54.0 Å². The van der Waals surface area contributed by atoms with E-state index in [1.54, 1.807) is 20.8 Å². The van der Waals surface area contributed by atoms with Gasteiger partial charge in [-0.25, -0.2) is 4.79 Å². The number of carbonyl (C=O) groups is 1. The Kier molecular flexibility index (Phi) is 7.52. The molecule has 0 aliphatic rings. The van der Waals surface area contributed by atoms with Crippen LogP contribution in [0.15, 0.2) is 11.7 Å². The molecule has 0 aromatic carbocycles. The van der Waals surface area contributed by atoms with E-state index < -0.39 is 5.97 Å². The normalized spacial score (nSPS) is 9.07. The molecule has 0 N–H and O–H groups in total. The van der Waals surface area contributed by atoms with Crippen molar-refractivity contribution in [1.29, 1.82) is 0 Å². The molecule has 0 aromatic rings. The van der Waals surface area contributed by atoms with Gasteiger partial charge in [0.1, 0.15) is 0 Å². The first-order chi connectivity index (χ1) is 7.21. The highest BCUT2D eigenvalue weighted by Gasteiger charge is 2.20. The molecule has 85 valence electrons. The molecule has 0 spiro atoms. The summed E-state index contributed by atoms with van der Waals surface area (Å²) in [5.41, 5.74) is 0. The first-order valence-electron chi connectivity index (χ1n) is 4.71. The maximum Gasteiger partial charge on any atom is 0.367 e. The third kappa shape index (κ3) is 4.73. The summed E-state index contributed by atoms with van der Waals surface area (Å²) in [5, 5.41) is 0. The Bertz CT molecular complexity index is 219. The van der Waals surface area contributed by atoms with Crippen molar-refractivity contribution >= 4 is 16.5 Å². The molecule has 5 nitrogen and oxygen atoms in total. The Labute approximate surface area is 92.9 Å². The van der Waals surface area contributed by atoms with Crippen molar-refractivity contribution in [1.82, 2.24) is 0 Å². The van der Waals surface area contributed by atoms with Crippen LogP contribution in [0, 0.1) is 0 Å². The Balaban J connectivity index is 4.85. The van der Waals surface area contributed by atoms with Crippen molar-refractivity contribution < 1.29 is 23.4 Å². The molecule has 0 rings (SSSR count). The van der Waals surface area contributed by atoms with Gasteiger partial charge in [0, 0.05) is 0 Å². The fourth-order valence-corrected chi connectivity index (χ4v) is 0.920. The van der Waals surface area contributed by atoms with Crippen LogP contribution in [0.5, 0.6) is 0 Å². The predicted octanol–water partition coefficient (Wildman–Crippen LogP) is 0.892. The summed E-state index contributed by atoms with van der Waals surface area (Å²) >= 11 is 0. The predicted molar refractivity (Wildman–Crippen MR) is 53.8 cm³/mol. The van der Waals surface area contributed by atoms with Crippen LogP contribution in [-0.2, 0) is 23.4 Å². The number of hydrogen-bond donors (Lipinski definition) is 0. The maximum absolute atomic E-state index is 11.3. The van der Waals surface area contributed by atoms with Crippen LogP contribution in [0.3, 0.4) is 0 Å². The van der Waals surface area contributed by atoms with Crippen LogP contribution >= 0.6 is 0 Å². The van der Waals surface area contributed by atoms with Gasteiger partial charge in [-0.1, -0.05) is 0 Å². The average Bonchev–Trinajstić information content (AvgIpc) is 2.25. The second kappa shape index (κ2) is 8.16. The van der Waals surface area contributed by atoms with Gasteiger partial charge in [-0.2, -0.15) is 0 Å².